The van der Waals surface area contributed by atoms with Crippen molar-refractivity contribution in [3.05, 3.63) is 139 Å². The molecule has 4 nitrogen and oxygen atoms in total. The zero-order valence-electron chi connectivity index (χ0n) is 40.1. The molecule has 8 rings (SSSR count). The Kier molecular flexibility index (Phi) is 17.2. The maximum absolute atomic E-state index is 15.2. The molecule has 8 heteroatoms. The lowest BCUT2D eigenvalue weighted by Gasteiger charge is -2.31. The zero-order chi connectivity index (χ0) is 45.9. The van der Waals surface area contributed by atoms with Crippen molar-refractivity contribution in [2.45, 2.75) is 166 Å². The maximum atomic E-state index is 15.2. The average Bonchev–Trinajstić information content (AvgIpc) is 4.22. The van der Waals surface area contributed by atoms with Gasteiger partial charge in [-0.3, -0.25) is 9.59 Å². The molecule has 350 valence electrons. The van der Waals surface area contributed by atoms with Crippen molar-refractivity contribution in [3.63, 3.8) is 0 Å². The molecule has 0 saturated heterocycles. The van der Waals surface area contributed by atoms with Gasteiger partial charge in [-0.05, 0) is 83.7 Å². The number of hydrogen-bond donors (Lipinski definition) is 0. The fourth-order valence-electron chi connectivity index (χ4n) is 10.5. The number of rotatable bonds is 26. The molecular formula is C58H72N2O2S4. The molecule has 2 aromatic carbocycles. The Balaban J connectivity index is 1.17. The summed E-state index contributed by atoms with van der Waals surface area (Å²) in [7, 11) is 0. The van der Waals surface area contributed by atoms with Crippen LogP contribution in [0, 0.1) is 0 Å². The SMILES string of the molecule is CCCCCCN1C(=O)C2=C(c3ccc(C4(CCCCCC)CC=C(c5cccs5)S4)cc3)N(CCCCCC)C(=O)C2=C1c1ccc(C2(CCCCCC)CC=C(c3cccs3)S2)cc1. The summed E-state index contributed by atoms with van der Waals surface area (Å²) in [5.41, 5.74) is 7.44. The summed E-state index contributed by atoms with van der Waals surface area (Å²) >= 11 is 7.74. The number of unbranched alkanes of at least 4 members (excludes halogenated alkanes) is 12. The number of carbonyl (C=O) groups is 2. The topological polar surface area (TPSA) is 40.6 Å². The van der Waals surface area contributed by atoms with E-state index in [9.17, 15) is 0 Å². The van der Waals surface area contributed by atoms with E-state index >= 15 is 9.59 Å². The number of allylic oxidation sites excluding steroid dienone is 2. The Morgan fingerprint density at radius 1 is 0.470 bits per heavy atom. The van der Waals surface area contributed by atoms with Crippen LogP contribution in [0.15, 0.2) is 107 Å². The number of hydrogen-bond acceptors (Lipinski definition) is 6. The molecule has 4 aliphatic rings. The summed E-state index contributed by atoms with van der Waals surface area (Å²) in [6.07, 6.45) is 27.6. The van der Waals surface area contributed by atoms with E-state index in [2.05, 4.69) is 123 Å². The number of thiophene rings is 2. The van der Waals surface area contributed by atoms with Crippen LogP contribution in [-0.2, 0) is 19.1 Å². The molecule has 0 bridgehead atoms. The van der Waals surface area contributed by atoms with Crippen molar-refractivity contribution in [1.29, 1.82) is 0 Å². The van der Waals surface area contributed by atoms with Gasteiger partial charge < -0.3 is 9.80 Å². The zero-order valence-corrected chi connectivity index (χ0v) is 43.4. The number of thioether (sulfide) groups is 2. The van der Waals surface area contributed by atoms with Gasteiger partial charge in [-0.1, -0.05) is 190 Å². The van der Waals surface area contributed by atoms with Crippen molar-refractivity contribution in [3.8, 4) is 0 Å². The maximum Gasteiger partial charge on any atom is 0.261 e. The van der Waals surface area contributed by atoms with Crippen LogP contribution in [-0.4, -0.2) is 34.7 Å². The van der Waals surface area contributed by atoms with Crippen LogP contribution in [0.4, 0.5) is 0 Å². The van der Waals surface area contributed by atoms with Crippen LogP contribution in [0.5, 0.6) is 0 Å². The summed E-state index contributed by atoms with van der Waals surface area (Å²) in [6, 6.07) is 27.0. The minimum absolute atomic E-state index is 0.0175. The highest BCUT2D eigenvalue weighted by atomic mass is 32.2. The number of benzene rings is 2. The molecule has 0 spiro atoms. The van der Waals surface area contributed by atoms with E-state index in [1.54, 1.807) is 0 Å². The normalized spacial score (nSPS) is 20.7. The first-order chi connectivity index (χ1) is 32.4. The van der Waals surface area contributed by atoms with E-state index in [1.807, 2.05) is 56.0 Å². The smallest absolute Gasteiger partial charge is 0.261 e. The van der Waals surface area contributed by atoms with Gasteiger partial charge in [0.1, 0.15) is 0 Å². The molecule has 66 heavy (non-hydrogen) atoms. The summed E-state index contributed by atoms with van der Waals surface area (Å²) in [5, 5.41) is 4.36. The molecule has 0 radical (unpaired) electrons. The molecule has 2 unspecified atom stereocenters. The van der Waals surface area contributed by atoms with E-state index in [0.29, 0.717) is 24.2 Å². The standard InChI is InChI=1S/C58H72N2O2S4/c1-5-9-13-17-35-57(37-33-49(65-57)47-23-21-41-63-47)45-29-25-43(26-30-45)53-51-52(56(62)59(53)39-19-15-11-7-3)54(60(55(51)61)40-20-16-12-8-4)44-27-31-46(32-28-44)58(36-18-14-10-6-2)38-34-50(66-58)48-24-22-42-64-48/h21-34,41-42H,5-20,35-40H2,1-4H3. The second kappa shape index (κ2) is 23.2. The van der Waals surface area contributed by atoms with Crippen LogP contribution in [0.2, 0.25) is 0 Å². The van der Waals surface area contributed by atoms with Crippen molar-refractivity contribution >= 4 is 79.2 Å². The Morgan fingerprint density at radius 2 is 0.848 bits per heavy atom. The van der Waals surface area contributed by atoms with Gasteiger partial charge in [0, 0.05) is 42.1 Å². The van der Waals surface area contributed by atoms with Gasteiger partial charge in [0.2, 0.25) is 0 Å². The quantitative estimate of drug-likeness (QED) is 0.0588. The van der Waals surface area contributed by atoms with Gasteiger partial charge in [0.15, 0.2) is 0 Å². The highest BCUT2D eigenvalue weighted by molar-refractivity contribution is 8.10. The number of carbonyl (C=O) groups excluding carboxylic acids is 2. The first kappa shape index (κ1) is 48.9. The second-order valence-electron chi connectivity index (χ2n) is 19.0. The molecule has 0 aliphatic carbocycles. The molecule has 0 saturated carbocycles. The monoisotopic (exact) mass is 956 g/mol. The predicted octanol–water partition coefficient (Wildman–Crippen LogP) is 17.5. The molecule has 0 N–H and O–H groups in total. The third-order valence-electron chi connectivity index (χ3n) is 14.3. The van der Waals surface area contributed by atoms with Gasteiger partial charge in [-0.15, -0.1) is 46.2 Å². The van der Waals surface area contributed by atoms with E-state index in [-0.39, 0.29) is 21.3 Å². The fourth-order valence-corrected chi connectivity index (χ4v) is 15.3. The average molecular weight is 957 g/mol. The molecule has 2 atom stereocenters. The lowest BCUT2D eigenvalue weighted by Crippen LogP contribution is -2.31. The van der Waals surface area contributed by atoms with Crippen LogP contribution in [0.1, 0.15) is 188 Å². The predicted molar refractivity (Wildman–Crippen MR) is 288 cm³/mol. The van der Waals surface area contributed by atoms with Gasteiger partial charge in [0.25, 0.3) is 11.8 Å². The number of fused-ring (bicyclic) bond motifs is 1. The van der Waals surface area contributed by atoms with Crippen molar-refractivity contribution in [2.75, 3.05) is 13.1 Å². The third-order valence-corrected chi connectivity index (χ3v) is 19.5. The summed E-state index contributed by atoms with van der Waals surface area (Å²) in [5.74, 6) is -0.0350. The first-order valence-corrected chi connectivity index (χ1v) is 29.0. The molecule has 2 amide bonds. The first-order valence-electron chi connectivity index (χ1n) is 25.6. The van der Waals surface area contributed by atoms with E-state index < -0.39 is 0 Å². The fraction of sp³-hybridized carbons (Fsp3) is 0.483. The van der Waals surface area contributed by atoms with Crippen LogP contribution < -0.4 is 0 Å². The second-order valence-corrected chi connectivity index (χ2v) is 23.7. The van der Waals surface area contributed by atoms with Gasteiger partial charge in [-0.2, -0.15) is 0 Å². The Hall–Kier alpha value is -3.56. The minimum Gasteiger partial charge on any atom is -0.307 e. The van der Waals surface area contributed by atoms with E-state index in [1.165, 1.54) is 82.1 Å². The third kappa shape index (κ3) is 10.5. The largest absolute Gasteiger partial charge is 0.307 e. The Labute approximate surface area is 413 Å². The molecule has 4 aliphatic heterocycles. The van der Waals surface area contributed by atoms with Gasteiger partial charge in [0.05, 0.1) is 22.5 Å². The molecule has 4 aromatic rings. The molecule has 0 fully saturated rings. The van der Waals surface area contributed by atoms with Crippen LogP contribution >= 0.6 is 46.2 Å². The Bertz CT molecular complexity index is 2200. The molecule has 2 aromatic heterocycles. The molecular weight excluding hydrogens is 885 g/mol. The lowest BCUT2D eigenvalue weighted by molar-refractivity contribution is -0.124. The Morgan fingerprint density at radius 3 is 1.20 bits per heavy atom. The number of nitrogens with zero attached hydrogens (tertiary/aromatic N) is 2. The van der Waals surface area contributed by atoms with E-state index in [4.69, 9.17) is 0 Å². The minimum atomic E-state index is -0.0235. The van der Waals surface area contributed by atoms with Crippen LogP contribution in [0.25, 0.3) is 21.2 Å². The van der Waals surface area contributed by atoms with Gasteiger partial charge in [-0.25, -0.2) is 0 Å². The van der Waals surface area contributed by atoms with Crippen LogP contribution in [0.3, 0.4) is 0 Å². The summed E-state index contributed by atoms with van der Waals surface area (Å²) in [4.78, 5) is 39.9. The number of amides is 2. The highest BCUT2D eigenvalue weighted by Crippen LogP contribution is 2.58. The summed E-state index contributed by atoms with van der Waals surface area (Å²) < 4.78 is -0.0471. The lowest BCUT2D eigenvalue weighted by atomic mass is 9.88. The van der Waals surface area contributed by atoms with Crippen molar-refractivity contribution < 1.29 is 9.59 Å². The highest BCUT2D eigenvalue weighted by Gasteiger charge is 2.49. The van der Waals surface area contributed by atoms with Crippen molar-refractivity contribution in [1.82, 2.24) is 9.80 Å². The van der Waals surface area contributed by atoms with Gasteiger partial charge >= 0.3 is 0 Å². The molecule has 6 heterocycles. The van der Waals surface area contributed by atoms with Crippen molar-refractivity contribution in [2.24, 2.45) is 0 Å². The van der Waals surface area contributed by atoms with E-state index in [0.717, 1.165) is 99.6 Å². The summed E-state index contributed by atoms with van der Waals surface area (Å²) in [6.45, 7) is 10.3.